The Morgan fingerprint density at radius 2 is 1.79 bits per heavy atom. The first-order chi connectivity index (χ1) is 16.4. The molecular formula is C25H18BrClN2O4S. The first kappa shape index (κ1) is 24.1. The van der Waals surface area contributed by atoms with Crippen LogP contribution < -0.4 is 10.1 Å². The molecule has 1 aliphatic rings. The summed E-state index contributed by atoms with van der Waals surface area (Å²) < 4.78 is 6.62. The minimum absolute atomic E-state index is 0.222. The van der Waals surface area contributed by atoms with Crippen molar-refractivity contribution in [2.24, 2.45) is 0 Å². The monoisotopic (exact) mass is 556 g/mol. The zero-order chi connectivity index (χ0) is 24.1. The number of carbonyl (C=O) groups is 3. The third-order valence-electron chi connectivity index (χ3n) is 4.82. The number of amides is 3. The zero-order valence-electron chi connectivity index (χ0n) is 17.7. The molecule has 0 radical (unpaired) electrons. The molecule has 3 aromatic carbocycles. The van der Waals surface area contributed by atoms with Gasteiger partial charge >= 0.3 is 0 Å². The summed E-state index contributed by atoms with van der Waals surface area (Å²) in [5.41, 5.74) is 2.14. The first-order valence-electron chi connectivity index (χ1n) is 10.2. The van der Waals surface area contributed by atoms with Gasteiger partial charge in [0, 0.05) is 15.7 Å². The highest BCUT2D eigenvalue weighted by Gasteiger charge is 2.36. The van der Waals surface area contributed by atoms with Crippen molar-refractivity contribution in [1.82, 2.24) is 4.90 Å². The molecule has 1 N–H and O–H groups in total. The maximum Gasteiger partial charge on any atom is 0.294 e. The van der Waals surface area contributed by atoms with E-state index in [2.05, 4.69) is 21.2 Å². The van der Waals surface area contributed by atoms with Gasteiger partial charge in [0.1, 0.15) is 18.9 Å². The Hall–Kier alpha value is -3.07. The Balaban J connectivity index is 1.44. The van der Waals surface area contributed by atoms with Crippen LogP contribution >= 0.6 is 39.3 Å². The Labute approximate surface area is 214 Å². The fourth-order valence-corrected chi connectivity index (χ4v) is 4.42. The molecule has 34 heavy (non-hydrogen) atoms. The minimum Gasteiger partial charge on any atom is -0.488 e. The average molecular weight is 558 g/mol. The van der Waals surface area contributed by atoms with Gasteiger partial charge < -0.3 is 10.1 Å². The summed E-state index contributed by atoms with van der Waals surface area (Å²) in [6.07, 6.45) is 1.61. The molecule has 3 amide bonds. The topological polar surface area (TPSA) is 75.7 Å². The van der Waals surface area contributed by atoms with Crippen molar-refractivity contribution in [3.8, 4) is 5.75 Å². The van der Waals surface area contributed by atoms with Crippen LogP contribution in [-0.4, -0.2) is 28.5 Å². The lowest BCUT2D eigenvalue weighted by Crippen LogP contribution is -2.36. The van der Waals surface area contributed by atoms with Gasteiger partial charge in [-0.3, -0.25) is 19.3 Å². The van der Waals surface area contributed by atoms with E-state index in [1.807, 2.05) is 42.5 Å². The first-order valence-corrected chi connectivity index (χ1v) is 12.2. The number of para-hydroxylation sites is 1. The Kier molecular flexibility index (Phi) is 7.72. The molecule has 0 atom stereocenters. The van der Waals surface area contributed by atoms with E-state index in [0.29, 0.717) is 33.1 Å². The average Bonchev–Trinajstić information content (AvgIpc) is 3.09. The van der Waals surface area contributed by atoms with Crippen LogP contribution in [0.1, 0.15) is 11.1 Å². The largest absolute Gasteiger partial charge is 0.488 e. The third-order valence-corrected chi connectivity index (χ3v) is 6.96. The molecule has 9 heteroatoms. The van der Waals surface area contributed by atoms with E-state index in [4.69, 9.17) is 16.3 Å². The Morgan fingerprint density at radius 1 is 1.06 bits per heavy atom. The van der Waals surface area contributed by atoms with Crippen LogP contribution in [0.15, 0.2) is 82.2 Å². The number of carbonyl (C=O) groups excluding carboxylic acids is 3. The van der Waals surface area contributed by atoms with Gasteiger partial charge in [0.2, 0.25) is 5.91 Å². The summed E-state index contributed by atoms with van der Waals surface area (Å²) in [5, 5.41) is 2.56. The van der Waals surface area contributed by atoms with Crippen LogP contribution in [-0.2, 0) is 16.2 Å². The molecule has 1 saturated heterocycles. The molecule has 6 nitrogen and oxygen atoms in total. The summed E-state index contributed by atoms with van der Waals surface area (Å²) in [6, 6.07) is 21.9. The molecule has 3 aromatic rings. The molecule has 0 saturated carbocycles. The standard InChI is InChI=1S/C25H18BrClN2O4S/c26-19-11-10-18(13-20(19)27)28-23(30)14-29-24(31)22(34-25(29)32)12-17-8-4-5-9-21(17)33-15-16-6-2-1-3-7-16/h1-13H,14-15H2,(H,28,30)/b22-12+. The molecule has 1 aliphatic heterocycles. The highest BCUT2D eigenvalue weighted by molar-refractivity contribution is 9.10. The van der Waals surface area contributed by atoms with Crippen molar-refractivity contribution in [1.29, 1.82) is 0 Å². The molecule has 0 aliphatic carbocycles. The summed E-state index contributed by atoms with van der Waals surface area (Å²) in [5.74, 6) is -0.451. The number of anilines is 1. The van der Waals surface area contributed by atoms with Crippen LogP contribution in [0.25, 0.3) is 6.08 Å². The quantitative estimate of drug-likeness (QED) is 0.342. The second-order valence-electron chi connectivity index (χ2n) is 7.26. The van der Waals surface area contributed by atoms with Crippen LogP contribution in [0.5, 0.6) is 5.75 Å². The van der Waals surface area contributed by atoms with E-state index in [-0.39, 0.29) is 4.91 Å². The number of hydrogen-bond donors (Lipinski definition) is 1. The second-order valence-corrected chi connectivity index (χ2v) is 9.51. The molecule has 172 valence electrons. The van der Waals surface area contributed by atoms with Gasteiger partial charge in [-0.15, -0.1) is 0 Å². The molecule has 4 rings (SSSR count). The highest BCUT2D eigenvalue weighted by Crippen LogP contribution is 2.34. The van der Waals surface area contributed by atoms with E-state index >= 15 is 0 Å². The molecule has 0 unspecified atom stereocenters. The van der Waals surface area contributed by atoms with Crippen molar-refractivity contribution >= 4 is 68.1 Å². The van der Waals surface area contributed by atoms with E-state index in [0.717, 1.165) is 22.2 Å². The number of nitrogens with zero attached hydrogens (tertiary/aromatic N) is 1. The lowest BCUT2D eigenvalue weighted by Gasteiger charge is -2.13. The fourth-order valence-electron chi connectivity index (χ4n) is 3.16. The number of imide groups is 1. The van der Waals surface area contributed by atoms with Crippen LogP contribution in [0.2, 0.25) is 5.02 Å². The van der Waals surface area contributed by atoms with E-state index in [1.165, 1.54) is 0 Å². The summed E-state index contributed by atoms with van der Waals surface area (Å²) in [4.78, 5) is 38.9. The van der Waals surface area contributed by atoms with Crippen molar-refractivity contribution in [3.63, 3.8) is 0 Å². The van der Waals surface area contributed by atoms with Crippen molar-refractivity contribution in [3.05, 3.63) is 98.3 Å². The number of rotatable bonds is 7. The Bertz CT molecular complexity index is 1280. The summed E-state index contributed by atoms with van der Waals surface area (Å²) in [6.45, 7) is -0.0325. The molecular weight excluding hydrogens is 540 g/mol. The van der Waals surface area contributed by atoms with Gasteiger partial charge in [0.05, 0.1) is 9.93 Å². The smallest absolute Gasteiger partial charge is 0.294 e. The lowest BCUT2D eigenvalue weighted by molar-refractivity contribution is -0.127. The van der Waals surface area contributed by atoms with Gasteiger partial charge in [-0.25, -0.2) is 0 Å². The van der Waals surface area contributed by atoms with Crippen molar-refractivity contribution in [2.45, 2.75) is 6.61 Å². The SMILES string of the molecule is O=C(CN1C(=O)S/C(=C/c2ccccc2OCc2ccccc2)C1=O)Nc1ccc(Br)c(Cl)c1. The number of hydrogen-bond acceptors (Lipinski definition) is 5. The van der Waals surface area contributed by atoms with Gasteiger partial charge in [0.15, 0.2) is 0 Å². The number of halogens is 2. The van der Waals surface area contributed by atoms with Crippen molar-refractivity contribution in [2.75, 3.05) is 11.9 Å². The van der Waals surface area contributed by atoms with E-state index < -0.39 is 23.6 Å². The zero-order valence-corrected chi connectivity index (χ0v) is 20.8. The van der Waals surface area contributed by atoms with Gasteiger partial charge in [-0.2, -0.15) is 0 Å². The normalized spacial score (nSPS) is 14.5. The third kappa shape index (κ3) is 5.88. The highest BCUT2D eigenvalue weighted by atomic mass is 79.9. The second kappa shape index (κ2) is 10.9. The number of nitrogens with one attached hydrogen (secondary N) is 1. The lowest BCUT2D eigenvalue weighted by atomic mass is 10.1. The van der Waals surface area contributed by atoms with E-state index in [9.17, 15) is 14.4 Å². The Morgan fingerprint density at radius 3 is 2.56 bits per heavy atom. The maximum absolute atomic E-state index is 12.9. The van der Waals surface area contributed by atoms with Gasteiger partial charge in [0.25, 0.3) is 11.1 Å². The van der Waals surface area contributed by atoms with Crippen LogP contribution in [0.4, 0.5) is 10.5 Å². The van der Waals surface area contributed by atoms with Crippen LogP contribution in [0, 0.1) is 0 Å². The number of benzene rings is 3. The summed E-state index contributed by atoms with van der Waals surface area (Å²) in [7, 11) is 0. The fraction of sp³-hybridized carbons (Fsp3) is 0.0800. The summed E-state index contributed by atoms with van der Waals surface area (Å²) >= 11 is 10.1. The van der Waals surface area contributed by atoms with Crippen LogP contribution in [0.3, 0.4) is 0 Å². The predicted octanol–water partition coefficient (Wildman–Crippen LogP) is 6.36. The van der Waals surface area contributed by atoms with Crippen molar-refractivity contribution < 1.29 is 19.1 Å². The molecule has 1 fully saturated rings. The molecule has 0 spiro atoms. The van der Waals surface area contributed by atoms with E-state index in [1.54, 1.807) is 36.4 Å². The molecule has 0 aromatic heterocycles. The number of ether oxygens (including phenoxy) is 1. The van der Waals surface area contributed by atoms with Gasteiger partial charge in [-0.1, -0.05) is 60.1 Å². The molecule has 1 heterocycles. The van der Waals surface area contributed by atoms with Gasteiger partial charge in [-0.05, 0) is 63.6 Å². The molecule has 0 bridgehead atoms. The number of thioether (sulfide) groups is 1. The predicted molar refractivity (Wildman–Crippen MR) is 138 cm³/mol. The minimum atomic E-state index is -0.531. The maximum atomic E-state index is 12.9.